The van der Waals surface area contributed by atoms with E-state index in [9.17, 15) is 4.79 Å². The van der Waals surface area contributed by atoms with Crippen LogP contribution in [0, 0.1) is 0 Å². The fourth-order valence-corrected chi connectivity index (χ4v) is 0.151. The minimum absolute atomic E-state index is 0. The molecule has 0 aliphatic heterocycles. The smallest absolute Gasteiger partial charge is 0.330 e. The second kappa shape index (κ2) is 5.23. The van der Waals surface area contributed by atoms with Crippen LogP contribution in [0.1, 0.15) is 13.3 Å². The predicted molar refractivity (Wildman–Crippen MR) is 27.1 cm³/mol. The number of aliphatic carboxylic acids is 1. The molecular weight excluding hydrogens is 183 g/mol. The minimum atomic E-state index is -0.900. The van der Waals surface area contributed by atoms with Gasteiger partial charge in [0.2, 0.25) is 0 Å². The number of hydrogen-bond donors (Lipinski definition) is 1. The van der Waals surface area contributed by atoms with Gasteiger partial charge in [0.1, 0.15) is 0 Å². The number of hydrogen-bond acceptors (Lipinski definition) is 1. The van der Waals surface area contributed by atoms with Crippen molar-refractivity contribution in [3.63, 3.8) is 0 Å². The number of carboxylic acids is 1. The molecule has 44 valence electrons. The Kier molecular flexibility index (Phi) is 7.18. The van der Waals surface area contributed by atoms with E-state index in [1.807, 2.05) is 0 Å². The summed E-state index contributed by atoms with van der Waals surface area (Å²) in [7, 11) is 0. The van der Waals surface area contributed by atoms with Gasteiger partial charge in [-0.1, -0.05) is 13.5 Å². The Bertz CT molecular complexity index is 98.6. The van der Waals surface area contributed by atoms with Crippen LogP contribution in [-0.4, -0.2) is 11.1 Å². The Morgan fingerprint density at radius 3 is 2.12 bits per heavy atom. The van der Waals surface area contributed by atoms with Crippen molar-refractivity contribution in [2.45, 2.75) is 13.3 Å². The summed E-state index contributed by atoms with van der Waals surface area (Å²) in [5, 5.41) is 8.08. The molecule has 0 unspecified atom stereocenters. The SMILES string of the molecule is C=C(CC)C(=O)O.[Zr]. The summed E-state index contributed by atoms with van der Waals surface area (Å²) in [5.41, 5.74) is 0.264. The number of rotatable bonds is 2. The third-order valence-electron chi connectivity index (χ3n) is 0.729. The van der Waals surface area contributed by atoms with E-state index in [2.05, 4.69) is 6.58 Å². The molecule has 0 saturated heterocycles. The van der Waals surface area contributed by atoms with Gasteiger partial charge in [0, 0.05) is 31.8 Å². The first-order chi connectivity index (χ1) is 3.18. The van der Waals surface area contributed by atoms with Gasteiger partial charge < -0.3 is 5.11 Å². The maximum absolute atomic E-state index is 9.83. The van der Waals surface area contributed by atoms with Crippen LogP contribution in [0.2, 0.25) is 0 Å². The largest absolute Gasteiger partial charge is 0.478 e. The molecule has 1 N–H and O–H groups in total. The molecule has 0 atom stereocenters. The van der Waals surface area contributed by atoms with Crippen molar-refractivity contribution >= 4 is 5.97 Å². The topological polar surface area (TPSA) is 37.3 Å². The summed E-state index contributed by atoms with van der Waals surface area (Å²) in [6, 6.07) is 0. The number of carboxylic acid groups (broad SMARTS) is 1. The zero-order valence-corrected chi connectivity index (χ0v) is 7.23. The Morgan fingerprint density at radius 2 is 2.12 bits per heavy atom. The van der Waals surface area contributed by atoms with Crippen molar-refractivity contribution in [1.29, 1.82) is 0 Å². The third-order valence-corrected chi connectivity index (χ3v) is 0.729. The summed E-state index contributed by atoms with van der Waals surface area (Å²) in [4.78, 5) is 9.83. The predicted octanol–water partition coefficient (Wildman–Crippen LogP) is 1.03. The average Bonchev–Trinajstić information content (AvgIpc) is 1.65. The standard InChI is InChI=1S/C5H8O2.Zr/c1-3-4(2)5(6)7;/h2-3H2,1H3,(H,6,7);. The van der Waals surface area contributed by atoms with E-state index in [1.165, 1.54) is 0 Å². The Balaban J connectivity index is 0. The quantitative estimate of drug-likeness (QED) is 0.662. The minimum Gasteiger partial charge on any atom is -0.478 e. The van der Waals surface area contributed by atoms with Gasteiger partial charge in [-0.3, -0.25) is 0 Å². The van der Waals surface area contributed by atoms with Gasteiger partial charge in [-0.05, 0) is 6.42 Å². The van der Waals surface area contributed by atoms with Crippen molar-refractivity contribution in [3.05, 3.63) is 12.2 Å². The molecule has 0 aromatic heterocycles. The Morgan fingerprint density at radius 1 is 1.75 bits per heavy atom. The van der Waals surface area contributed by atoms with Crippen LogP contribution in [0.3, 0.4) is 0 Å². The van der Waals surface area contributed by atoms with Gasteiger partial charge in [0.15, 0.2) is 0 Å². The van der Waals surface area contributed by atoms with Crippen molar-refractivity contribution in [2.75, 3.05) is 0 Å². The first kappa shape index (κ1) is 11.0. The second-order valence-corrected chi connectivity index (χ2v) is 1.26. The second-order valence-electron chi connectivity index (χ2n) is 1.26. The molecule has 0 radical (unpaired) electrons. The molecule has 0 aromatic carbocycles. The van der Waals surface area contributed by atoms with E-state index < -0.39 is 5.97 Å². The van der Waals surface area contributed by atoms with Crippen molar-refractivity contribution < 1.29 is 36.1 Å². The van der Waals surface area contributed by atoms with Crippen LogP contribution in [0.15, 0.2) is 12.2 Å². The van der Waals surface area contributed by atoms with Crippen molar-refractivity contribution in [2.24, 2.45) is 0 Å². The van der Waals surface area contributed by atoms with Crippen LogP contribution in [-0.2, 0) is 31.0 Å². The molecule has 0 amide bonds. The van der Waals surface area contributed by atoms with Gasteiger partial charge in [0.25, 0.3) is 0 Å². The zero-order chi connectivity index (χ0) is 5.86. The molecule has 8 heavy (non-hydrogen) atoms. The molecule has 2 nitrogen and oxygen atoms in total. The molecule has 0 aliphatic carbocycles. The van der Waals surface area contributed by atoms with Crippen LogP contribution >= 0.6 is 0 Å². The molecule has 0 fully saturated rings. The molecule has 0 saturated carbocycles. The molecule has 0 rings (SSSR count). The fourth-order valence-electron chi connectivity index (χ4n) is 0.151. The Labute approximate surface area is 67.7 Å². The van der Waals surface area contributed by atoms with Crippen LogP contribution < -0.4 is 0 Å². The molecule has 0 aromatic rings. The normalized spacial score (nSPS) is 7.12. The van der Waals surface area contributed by atoms with E-state index in [0.717, 1.165) is 0 Å². The maximum atomic E-state index is 9.83. The summed E-state index contributed by atoms with van der Waals surface area (Å²) in [6.45, 7) is 5.03. The molecular formula is C5H8O2Zr. The first-order valence-corrected chi connectivity index (χ1v) is 2.09. The summed E-state index contributed by atoms with van der Waals surface area (Å²) >= 11 is 0. The number of carbonyl (C=O) groups is 1. The van der Waals surface area contributed by atoms with E-state index >= 15 is 0 Å². The average molecular weight is 191 g/mol. The molecule has 0 heterocycles. The van der Waals surface area contributed by atoms with E-state index in [1.54, 1.807) is 6.92 Å². The molecule has 0 spiro atoms. The van der Waals surface area contributed by atoms with Gasteiger partial charge in [-0.25, -0.2) is 4.79 Å². The van der Waals surface area contributed by atoms with Crippen molar-refractivity contribution in [3.8, 4) is 0 Å². The van der Waals surface area contributed by atoms with E-state index in [0.29, 0.717) is 6.42 Å². The molecule has 0 bridgehead atoms. The van der Waals surface area contributed by atoms with Crippen LogP contribution in [0.4, 0.5) is 0 Å². The third kappa shape index (κ3) is 4.26. The van der Waals surface area contributed by atoms with Gasteiger partial charge in [-0.15, -0.1) is 0 Å². The maximum Gasteiger partial charge on any atom is 0.330 e. The van der Waals surface area contributed by atoms with Gasteiger partial charge in [-0.2, -0.15) is 0 Å². The van der Waals surface area contributed by atoms with Gasteiger partial charge in [0.05, 0.1) is 0 Å². The summed E-state index contributed by atoms with van der Waals surface area (Å²) in [6.07, 6.45) is 0.523. The van der Waals surface area contributed by atoms with Crippen molar-refractivity contribution in [1.82, 2.24) is 0 Å². The van der Waals surface area contributed by atoms with E-state index in [4.69, 9.17) is 5.11 Å². The molecule has 0 aliphatic rings. The monoisotopic (exact) mass is 190 g/mol. The Hall–Kier alpha value is 0.0931. The molecule has 3 heteroatoms. The summed E-state index contributed by atoms with van der Waals surface area (Å²) < 4.78 is 0. The first-order valence-electron chi connectivity index (χ1n) is 2.09. The van der Waals surface area contributed by atoms with Gasteiger partial charge >= 0.3 is 5.97 Å². The fraction of sp³-hybridized carbons (Fsp3) is 0.400. The van der Waals surface area contributed by atoms with Crippen LogP contribution in [0.25, 0.3) is 0 Å². The van der Waals surface area contributed by atoms with Crippen LogP contribution in [0.5, 0.6) is 0 Å². The summed E-state index contributed by atoms with van der Waals surface area (Å²) in [5.74, 6) is -0.900. The van der Waals surface area contributed by atoms with E-state index in [-0.39, 0.29) is 31.8 Å². The zero-order valence-electron chi connectivity index (χ0n) is 4.77.